The Morgan fingerprint density at radius 2 is 2.16 bits per heavy atom. The number of hydrogen-bond acceptors (Lipinski definition) is 7. The molecule has 1 fully saturated rings. The van der Waals surface area contributed by atoms with Gasteiger partial charge in [-0.3, -0.25) is 9.20 Å². The molecule has 0 radical (unpaired) electrons. The third-order valence-electron chi connectivity index (χ3n) is 5.34. The van der Waals surface area contributed by atoms with Gasteiger partial charge >= 0.3 is 0 Å². The Morgan fingerprint density at radius 3 is 2.94 bits per heavy atom. The minimum atomic E-state index is -0.267. The Bertz CT molecular complexity index is 1260. The predicted octanol–water partition coefficient (Wildman–Crippen LogP) is 3.14. The lowest BCUT2D eigenvalue weighted by atomic mass is 10.0. The van der Waals surface area contributed by atoms with Crippen LogP contribution in [-0.2, 0) is 11.2 Å². The summed E-state index contributed by atoms with van der Waals surface area (Å²) in [7, 11) is 1.59. The van der Waals surface area contributed by atoms with E-state index in [1.807, 2.05) is 25.1 Å². The molecule has 158 valence electrons. The molecule has 4 heterocycles. The smallest absolute Gasteiger partial charge is 0.274 e. The number of aromatic nitrogens is 4. The van der Waals surface area contributed by atoms with Crippen LogP contribution in [0.3, 0.4) is 0 Å². The molecular formula is C22H21N5O4. The molecule has 0 atom stereocenters. The third kappa shape index (κ3) is 3.75. The van der Waals surface area contributed by atoms with E-state index < -0.39 is 0 Å². The highest BCUT2D eigenvalue weighted by molar-refractivity contribution is 6.04. The van der Waals surface area contributed by atoms with Gasteiger partial charge in [-0.1, -0.05) is 17.3 Å². The molecule has 4 aromatic rings. The number of aryl methyl sites for hydroxylation is 1. The van der Waals surface area contributed by atoms with E-state index >= 15 is 0 Å². The minimum absolute atomic E-state index is 0.267. The normalized spacial score (nSPS) is 13.9. The quantitative estimate of drug-likeness (QED) is 0.512. The van der Waals surface area contributed by atoms with Gasteiger partial charge in [0.1, 0.15) is 17.1 Å². The molecule has 0 aliphatic carbocycles. The number of methoxy groups -OCH3 is 1. The summed E-state index contributed by atoms with van der Waals surface area (Å²) in [5.41, 5.74) is 3.41. The number of carbonyl (C=O) groups excluding carboxylic acids is 1. The first kappa shape index (κ1) is 19.3. The van der Waals surface area contributed by atoms with Crippen molar-refractivity contribution in [2.45, 2.75) is 13.3 Å². The van der Waals surface area contributed by atoms with Crippen molar-refractivity contribution in [3.63, 3.8) is 0 Å². The number of rotatable bonds is 6. The van der Waals surface area contributed by atoms with Crippen molar-refractivity contribution in [1.29, 1.82) is 0 Å². The molecule has 9 nitrogen and oxygen atoms in total. The Morgan fingerprint density at radius 1 is 1.29 bits per heavy atom. The van der Waals surface area contributed by atoms with Crippen LogP contribution in [-0.4, -0.2) is 45.8 Å². The number of nitrogens with zero attached hydrogens (tertiary/aromatic N) is 4. The number of hydrogen-bond donors (Lipinski definition) is 1. The van der Waals surface area contributed by atoms with Crippen molar-refractivity contribution in [2.24, 2.45) is 5.92 Å². The molecule has 0 saturated carbocycles. The Labute approximate surface area is 178 Å². The monoisotopic (exact) mass is 419 g/mol. The largest absolute Gasteiger partial charge is 0.497 e. The van der Waals surface area contributed by atoms with E-state index in [0.717, 1.165) is 24.3 Å². The van der Waals surface area contributed by atoms with E-state index in [0.29, 0.717) is 46.8 Å². The van der Waals surface area contributed by atoms with Gasteiger partial charge in [-0.05, 0) is 24.6 Å². The molecule has 1 saturated heterocycles. The molecule has 0 unspecified atom stereocenters. The zero-order valence-corrected chi connectivity index (χ0v) is 17.2. The van der Waals surface area contributed by atoms with Crippen molar-refractivity contribution in [2.75, 3.05) is 25.6 Å². The van der Waals surface area contributed by atoms with Gasteiger partial charge in [0.05, 0.1) is 26.5 Å². The number of amides is 1. The number of nitrogens with one attached hydrogen (secondary N) is 1. The maximum atomic E-state index is 12.9. The van der Waals surface area contributed by atoms with E-state index in [2.05, 4.69) is 20.4 Å². The van der Waals surface area contributed by atoms with Gasteiger partial charge in [0, 0.05) is 35.9 Å². The lowest BCUT2D eigenvalue weighted by Gasteiger charge is -2.23. The second kappa shape index (κ2) is 7.84. The van der Waals surface area contributed by atoms with E-state index in [-0.39, 0.29) is 5.91 Å². The fourth-order valence-electron chi connectivity index (χ4n) is 3.44. The van der Waals surface area contributed by atoms with Crippen LogP contribution in [0.5, 0.6) is 5.75 Å². The van der Waals surface area contributed by atoms with Crippen LogP contribution in [0, 0.1) is 12.8 Å². The van der Waals surface area contributed by atoms with Crippen LogP contribution in [0.4, 0.5) is 5.69 Å². The molecule has 9 heteroatoms. The van der Waals surface area contributed by atoms with Gasteiger partial charge in [-0.2, -0.15) is 4.98 Å². The van der Waals surface area contributed by atoms with Crippen LogP contribution in [0.25, 0.3) is 17.0 Å². The summed E-state index contributed by atoms with van der Waals surface area (Å²) < 4.78 is 17.5. The first-order chi connectivity index (χ1) is 15.1. The second-order valence-corrected chi connectivity index (χ2v) is 7.54. The van der Waals surface area contributed by atoms with Crippen molar-refractivity contribution >= 4 is 17.2 Å². The summed E-state index contributed by atoms with van der Waals surface area (Å²) in [6.07, 6.45) is 4.01. The van der Waals surface area contributed by atoms with Gasteiger partial charge in [0.25, 0.3) is 5.91 Å². The lowest BCUT2D eigenvalue weighted by Crippen LogP contribution is -2.29. The maximum absolute atomic E-state index is 12.9. The Hall–Kier alpha value is -3.72. The van der Waals surface area contributed by atoms with Crippen LogP contribution in [0.2, 0.25) is 0 Å². The zero-order valence-electron chi connectivity index (χ0n) is 17.2. The topological polar surface area (TPSA) is 104 Å². The number of ether oxygens (including phenoxy) is 2. The highest BCUT2D eigenvalue weighted by atomic mass is 16.5. The van der Waals surface area contributed by atoms with Crippen molar-refractivity contribution in [3.05, 3.63) is 59.9 Å². The van der Waals surface area contributed by atoms with Gasteiger partial charge in [0.2, 0.25) is 11.7 Å². The number of carbonyl (C=O) groups is 1. The highest BCUT2D eigenvalue weighted by Crippen LogP contribution is 2.25. The standard InChI is InChI=1S/C22H21N5O4/c1-13-3-4-15(21-25-20(31-26-21)7-14-11-30-12-14)8-17(13)24-22(28)18-10-23-19-9-16(29-2)5-6-27(18)19/h3-6,8-10,14H,7,11-12H2,1-2H3,(H,24,28). The molecule has 3 aromatic heterocycles. The summed E-state index contributed by atoms with van der Waals surface area (Å²) in [5.74, 6) is 1.93. The van der Waals surface area contributed by atoms with Gasteiger partial charge in [-0.25, -0.2) is 4.98 Å². The van der Waals surface area contributed by atoms with Crippen LogP contribution >= 0.6 is 0 Å². The van der Waals surface area contributed by atoms with Crippen LogP contribution in [0.15, 0.2) is 47.2 Å². The molecule has 31 heavy (non-hydrogen) atoms. The fraction of sp³-hybridized carbons (Fsp3) is 0.273. The van der Waals surface area contributed by atoms with Crippen LogP contribution in [0.1, 0.15) is 21.9 Å². The molecule has 0 bridgehead atoms. The minimum Gasteiger partial charge on any atom is -0.497 e. The second-order valence-electron chi connectivity index (χ2n) is 7.54. The number of imidazole rings is 1. The zero-order chi connectivity index (χ0) is 21.4. The van der Waals surface area contributed by atoms with Gasteiger partial charge in [0.15, 0.2) is 0 Å². The summed E-state index contributed by atoms with van der Waals surface area (Å²) in [6.45, 7) is 3.39. The van der Waals surface area contributed by atoms with E-state index in [9.17, 15) is 4.79 Å². The average molecular weight is 419 g/mol. The van der Waals surface area contributed by atoms with Gasteiger partial charge < -0.3 is 19.3 Å². The van der Waals surface area contributed by atoms with E-state index in [4.69, 9.17) is 14.0 Å². The number of fused-ring (bicyclic) bond motifs is 1. The third-order valence-corrected chi connectivity index (χ3v) is 5.34. The lowest BCUT2D eigenvalue weighted by molar-refractivity contribution is -0.0342. The number of benzene rings is 1. The first-order valence-electron chi connectivity index (χ1n) is 9.94. The molecular weight excluding hydrogens is 398 g/mol. The summed E-state index contributed by atoms with van der Waals surface area (Å²) >= 11 is 0. The number of pyridine rings is 1. The molecule has 5 rings (SSSR count). The average Bonchev–Trinajstić information content (AvgIpc) is 3.39. The number of anilines is 1. The summed E-state index contributed by atoms with van der Waals surface area (Å²) in [4.78, 5) is 21.7. The van der Waals surface area contributed by atoms with E-state index in [1.54, 1.807) is 36.0 Å². The maximum Gasteiger partial charge on any atom is 0.274 e. The van der Waals surface area contributed by atoms with E-state index in [1.165, 1.54) is 0 Å². The SMILES string of the molecule is COc1ccn2c(C(=O)Nc3cc(-c4noc(CC5COC5)n4)ccc3C)cnc2c1. The first-order valence-corrected chi connectivity index (χ1v) is 9.94. The molecule has 1 N–H and O–H groups in total. The van der Waals surface area contributed by atoms with Crippen molar-refractivity contribution in [3.8, 4) is 17.1 Å². The Kier molecular flexibility index (Phi) is 4.87. The van der Waals surface area contributed by atoms with Crippen LogP contribution < -0.4 is 10.1 Å². The summed E-state index contributed by atoms with van der Waals surface area (Å²) in [5, 5.41) is 7.06. The molecule has 0 spiro atoms. The van der Waals surface area contributed by atoms with Crippen molar-refractivity contribution in [1.82, 2.24) is 19.5 Å². The molecule has 1 amide bonds. The summed E-state index contributed by atoms with van der Waals surface area (Å²) in [6, 6.07) is 9.22. The molecule has 1 aliphatic rings. The highest BCUT2D eigenvalue weighted by Gasteiger charge is 2.22. The fourth-order valence-corrected chi connectivity index (χ4v) is 3.44. The molecule has 1 aliphatic heterocycles. The predicted molar refractivity (Wildman–Crippen MR) is 112 cm³/mol. The van der Waals surface area contributed by atoms with Crippen molar-refractivity contribution < 1.29 is 18.8 Å². The van der Waals surface area contributed by atoms with Gasteiger partial charge in [-0.15, -0.1) is 0 Å². The molecule has 1 aromatic carbocycles. The Balaban J connectivity index is 1.37.